The normalized spacial score (nSPS) is 12.4. The number of halogens is 2. The molecule has 1 atom stereocenters. The second-order valence-electron chi connectivity index (χ2n) is 3.55. The fourth-order valence-electron chi connectivity index (χ4n) is 1.59. The van der Waals surface area contributed by atoms with Gasteiger partial charge in [-0.2, -0.15) is 0 Å². The highest BCUT2D eigenvalue weighted by Crippen LogP contribution is 2.24. The molecule has 0 aliphatic carbocycles. The van der Waals surface area contributed by atoms with Crippen LogP contribution < -0.4 is 5.73 Å². The monoisotopic (exact) mass is 279 g/mol. The van der Waals surface area contributed by atoms with Crippen molar-refractivity contribution in [2.45, 2.75) is 6.04 Å². The maximum Gasteiger partial charge on any atom is 0.129 e. The number of benzene rings is 2. The van der Waals surface area contributed by atoms with Crippen molar-refractivity contribution in [2.75, 3.05) is 0 Å². The lowest BCUT2D eigenvalue weighted by Gasteiger charge is -2.13. The van der Waals surface area contributed by atoms with Gasteiger partial charge in [-0.1, -0.05) is 52.3 Å². The van der Waals surface area contributed by atoms with E-state index in [1.54, 1.807) is 12.1 Å². The van der Waals surface area contributed by atoms with E-state index in [-0.39, 0.29) is 5.82 Å². The van der Waals surface area contributed by atoms with Gasteiger partial charge in [-0.15, -0.1) is 0 Å². The van der Waals surface area contributed by atoms with Crippen LogP contribution in [0.1, 0.15) is 17.2 Å². The van der Waals surface area contributed by atoms with Crippen LogP contribution >= 0.6 is 15.9 Å². The van der Waals surface area contributed by atoms with Gasteiger partial charge in [0.15, 0.2) is 0 Å². The molecule has 2 aromatic rings. The molecule has 0 unspecified atom stereocenters. The smallest absolute Gasteiger partial charge is 0.129 e. The molecule has 16 heavy (non-hydrogen) atoms. The van der Waals surface area contributed by atoms with Crippen molar-refractivity contribution in [1.29, 1.82) is 0 Å². The molecule has 0 aliphatic heterocycles. The first kappa shape index (κ1) is 11.3. The molecule has 2 aromatic carbocycles. The standard InChI is InChI=1S/C13H11BrFN/c14-10-6-7-11(12(15)8-10)13(16)9-4-2-1-3-5-9/h1-8,13H,16H2/t13-/m1/s1. The van der Waals surface area contributed by atoms with Crippen molar-refractivity contribution in [2.24, 2.45) is 5.73 Å². The minimum Gasteiger partial charge on any atom is -0.320 e. The van der Waals surface area contributed by atoms with Crippen LogP contribution in [0.5, 0.6) is 0 Å². The lowest BCUT2D eigenvalue weighted by Crippen LogP contribution is -2.13. The minimum atomic E-state index is -0.422. The van der Waals surface area contributed by atoms with Gasteiger partial charge in [0.05, 0.1) is 6.04 Å². The summed E-state index contributed by atoms with van der Waals surface area (Å²) in [4.78, 5) is 0. The fraction of sp³-hybridized carbons (Fsp3) is 0.0769. The van der Waals surface area contributed by atoms with Crippen LogP contribution in [0.4, 0.5) is 4.39 Å². The van der Waals surface area contributed by atoms with E-state index >= 15 is 0 Å². The Morgan fingerprint density at radius 2 is 1.75 bits per heavy atom. The van der Waals surface area contributed by atoms with Crippen LogP contribution in [-0.4, -0.2) is 0 Å². The highest BCUT2D eigenvalue weighted by atomic mass is 79.9. The number of nitrogens with two attached hydrogens (primary N) is 1. The van der Waals surface area contributed by atoms with E-state index in [1.165, 1.54) is 6.07 Å². The number of rotatable bonds is 2. The summed E-state index contributed by atoms with van der Waals surface area (Å²) in [6.07, 6.45) is 0. The highest BCUT2D eigenvalue weighted by Gasteiger charge is 2.13. The topological polar surface area (TPSA) is 26.0 Å². The molecule has 0 saturated heterocycles. The van der Waals surface area contributed by atoms with E-state index in [4.69, 9.17) is 5.73 Å². The molecule has 0 aromatic heterocycles. The molecule has 0 spiro atoms. The van der Waals surface area contributed by atoms with Gasteiger partial charge in [-0.05, 0) is 17.7 Å². The van der Waals surface area contributed by atoms with E-state index in [0.29, 0.717) is 10.0 Å². The Morgan fingerprint density at radius 3 is 2.38 bits per heavy atom. The van der Waals surface area contributed by atoms with Crippen LogP contribution in [0.15, 0.2) is 53.0 Å². The van der Waals surface area contributed by atoms with E-state index in [1.807, 2.05) is 30.3 Å². The number of hydrogen-bond donors (Lipinski definition) is 1. The predicted molar refractivity (Wildman–Crippen MR) is 66.6 cm³/mol. The Balaban J connectivity index is 2.38. The van der Waals surface area contributed by atoms with Crippen molar-refractivity contribution in [3.05, 3.63) is 69.9 Å². The quantitative estimate of drug-likeness (QED) is 0.893. The fourth-order valence-corrected chi connectivity index (χ4v) is 1.93. The van der Waals surface area contributed by atoms with Gasteiger partial charge in [0.2, 0.25) is 0 Å². The summed E-state index contributed by atoms with van der Waals surface area (Å²) in [7, 11) is 0. The summed E-state index contributed by atoms with van der Waals surface area (Å²) in [5.74, 6) is -0.286. The lowest BCUT2D eigenvalue weighted by molar-refractivity contribution is 0.599. The van der Waals surface area contributed by atoms with E-state index in [2.05, 4.69) is 15.9 Å². The van der Waals surface area contributed by atoms with Crippen LogP contribution in [0.3, 0.4) is 0 Å². The van der Waals surface area contributed by atoms with Gasteiger partial charge in [0, 0.05) is 10.0 Å². The Bertz CT molecular complexity index is 485. The third kappa shape index (κ3) is 2.31. The molecule has 0 bridgehead atoms. The van der Waals surface area contributed by atoms with Crippen molar-refractivity contribution < 1.29 is 4.39 Å². The average molecular weight is 280 g/mol. The molecule has 0 amide bonds. The Labute approximate surface area is 102 Å². The molecule has 0 radical (unpaired) electrons. The number of hydrogen-bond acceptors (Lipinski definition) is 1. The molecule has 82 valence electrons. The summed E-state index contributed by atoms with van der Waals surface area (Å²) >= 11 is 3.22. The molecule has 0 heterocycles. The predicted octanol–water partition coefficient (Wildman–Crippen LogP) is 3.64. The third-order valence-electron chi connectivity index (χ3n) is 2.46. The Morgan fingerprint density at radius 1 is 1.06 bits per heavy atom. The maximum atomic E-state index is 13.7. The summed E-state index contributed by atoms with van der Waals surface area (Å²) < 4.78 is 14.4. The first-order valence-corrected chi connectivity index (χ1v) is 5.73. The SMILES string of the molecule is N[C@H](c1ccccc1)c1ccc(Br)cc1F. The average Bonchev–Trinajstić information content (AvgIpc) is 2.29. The molecular formula is C13H11BrFN. The first-order valence-electron chi connectivity index (χ1n) is 4.94. The summed E-state index contributed by atoms with van der Waals surface area (Å²) in [5.41, 5.74) is 7.43. The molecular weight excluding hydrogens is 269 g/mol. The van der Waals surface area contributed by atoms with Gasteiger partial charge >= 0.3 is 0 Å². The lowest BCUT2D eigenvalue weighted by atomic mass is 9.99. The molecule has 0 saturated carbocycles. The Hall–Kier alpha value is -1.19. The van der Waals surface area contributed by atoms with Crippen molar-refractivity contribution in [3.8, 4) is 0 Å². The van der Waals surface area contributed by atoms with Crippen molar-refractivity contribution in [1.82, 2.24) is 0 Å². The third-order valence-corrected chi connectivity index (χ3v) is 2.95. The zero-order valence-corrected chi connectivity index (χ0v) is 10.1. The van der Waals surface area contributed by atoms with E-state index in [9.17, 15) is 4.39 Å². The molecule has 3 heteroatoms. The van der Waals surface area contributed by atoms with Gasteiger partial charge in [-0.25, -0.2) is 4.39 Å². The van der Waals surface area contributed by atoms with E-state index < -0.39 is 6.04 Å². The molecule has 0 aliphatic rings. The van der Waals surface area contributed by atoms with Crippen LogP contribution in [0.2, 0.25) is 0 Å². The summed E-state index contributed by atoms with van der Waals surface area (Å²) in [5, 5.41) is 0. The summed E-state index contributed by atoms with van der Waals surface area (Å²) in [6, 6.07) is 14.0. The van der Waals surface area contributed by atoms with Gasteiger partial charge < -0.3 is 5.73 Å². The van der Waals surface area contributed by atoms with Crippen LogP contribution in [0, 0.1) is 5.82 Å². The van der Waals surface area contributed by atoms with Crippen LogP contribution in [-0.2, 0) is 0 Å². The molecule has 1 nitrogen and oxygen atoms in total. The van der Waals surface area contributed by atoms with Crippen LogP contribution in [0.25, 0.3) is 0 Å². The molecule has 0 fully saturated rings. The van der Waals surface area contributed by atoms with E-state index in [0.717, 1.165) is 5.56 Å². The van der Waals surface area contributed by atoms with Gasteiger partial charge in [0.25, 0.3) is 0 Å². The molecule has 2 rings (SSSR count). The first-order chi connectivity index (χ1) is 7.68. The minimum absolute atomic E-state index is 0.286. The van der Waals surface area contributed by atoms with Crippen molar-refractivity contribution in [3.63, 3.8) is 0 Å². The van der Waals surface area contributed by atoms with Crippen molar-refractivity contribution >= 4 is 15.9 Å². The highest BCUT2D eigenvalue weighted by molar-refractivity contribution is 9.10. The second-order valence-corrected chi connectivity index (χ2v) is 4.47. The van der Waals surface area contributed by atoms with Gasteiger partial charge in [-0.3, -0.25) is 0 Å². The largest absolute Gasteiger partial charge is 0.320 e. The van der Waals surface area contributed by atoms with Gasteiger partial charge in [0.1, 0.15) is 5.82 Å². The molecule has 2 N–H and O–H groups in total. The maximum absolute atomic E-state index is 13.7. The second kappa shape index (κ2) is 4.76. The Kier molecular flexibility index (Phi) is 3.36. The zero-order chi connectivity index (χ0) is 11.5. The zero-order valence-electron chi connectivity index (χ0n) is 8.53. The summed E-state index contributed by atoms with van der Waals surface area (Å²) in [6.45, 7) is 0.